The minimum Gasteiger partial charge on any atom is -0.466 e. The first-order valence-corrected chi connectivity index (χ1v) is 10.3. The van der Waals surface area contributed by atoms with Crippen LogP contribution in [0.2, 0.25) is 0 Å². The van der Waals surface area contributed by atoms with Gasteiger partial charge >= 0.3 is 0 Å². The topological polar surface area (TPSA) is 71.8 Å². The highest BCUT2D eigenvalue weighted by Crippen LogP contribution is 2.20. The fourth-order valence-electron chi connectivity index (χ4n) is 4.11. The van der Waals surface area contributed by atoms with Crippen molar-refractivity contribution in [2.75, 3.05) is 19.7 Å². The zero-order valence-electron chi connectivity index (χ0n) is 16.6. The zero-order chi connectivity index (χ0) is 19.2. The molecule has 1 aliphatic carbocycles. The molecule has 1 aromatic heterocycles. The molecular weight excluding hydrogens is 344 g/mol. The molecule has 6 nitrogen and oxygen atoms in total. The van der Waals surface area contributed by atoms with Gasteiger partial charge in [0.15, 0.2) is 0 Å². The smallest absolute Gasteiger partial charge is 0.257 e. The zero-order valence-corrected chi connectivity index (χ0v) is 16.6. The molecule has 0 spiro atoms. The lowest BCUT2D eigenvalue weighted by molar-refractivity contribution is -0.122. The largest absolute Gasteiger partial charge is 0.466 e. The number of hydrogen-bond donors (Lipinski definition) is 1. The summed E-state index contributed by atoms with van der Waals surface area (Å²) < 4.78 is 11.2. The van der Waals surface area contributed by atoms with E-state index in [1.807, 2.05) is 6.92 Å². The van der Waals surface area contributed by atoms with Gasteiger partial charge in [-0.25, -0.2) is 0 Å². The van der Waals surface area contributed by atoms with Gasteiger partial charge in [0.05, 0.1) is 11.7 Å². The fourth-order valence-corrected chi connectivity index (χ4v) is 4.11. The van der Waals surface area contributed by atoms with E-state index >= 15 is 0 Å². The molecule has 1 saturated carbocycles. The van der Waals surface area contributed by atoms with Gasteiger partial charge in [0, 0.05) is 32.2 Å². The molecule has 27 heavy (non-hydrogen) atoms. The second kappa shape index (κ2) is 9.40. The van der Waals surface area contributed by atoms with Gasteiger partial charge in [-0.2, -0.15) is 0 Å². The van der Waals surface area contributed by atoms with Crippen molar-refractivity contribution >= 4 is 11.8 Å². The van der Waals surface area contributed by atoms with Crippen molar-refractivity contribution in [3.8, 4) is 0 Å². The highest BCUT2D eigenvalue weighted by molar-refractivity contribution is 5.95. The van der Waals surface area contributed by atoms with E-state index < -0.39 is 0 Å². The van der Waals surface area contributed by atoms with Crippen molar-refractivity contribution in [3.63, 3.8) is 0 Å². The first kappa shape index (κ1) is 19.9. The van der Waals surface area contributed by atoms with Crippen LogP contribution >= 0.6 is 0 Å². The molecule has 1 N–H and O–H groups in total. The predicted molar refractivity (Wildman–Crippen MR) is 103 cm³/mol. The van der Waals surface area contributed by atoms with Crippen LogP contribution in [-0.2, 0) is 9.53 Å². The maximum absolute atomic E-state index is 13.0. The Morgan fingerprint density at radius 2 is 1.93 bits per heavy atom. The Labute approximate surface area is 161 Å². The number of aryl methyl sites for hydroxylation is 2. The third-order valence-electron chi connectivity index (χ3n) is 5.59. The summed E-state index contributed by atoms with van der Waals surface area (Å²) in [6.07, 6.45) is 8.14. The highest BCUT2D eigenvalue weighted by atomic mass is 16.5. The number of carbonyl (C=O) groups is 2. The highest BCUT2D eigenvalue weighted by Gasteiger charge is 2.26. The summed E-state index contributed by atoms with van der Waals surface area (Å²) in [5.41, 5.74) is 0.582. The number of rotatable bonds is 7. The van der Waals surface area contributed by atoms with E-state index in [-0.39, 0.29) is 17.9 Å². The summed E-state index contributed by atoms with van der Waals surface area (Å²) >= 11 is 0. The van der Waals surface area contributed by atoms with Gasteiger partial charge in [-0.1, -0.05) is 19.3 Å². The third-order valence-corrected chi connectivity index (χ3v) is 5.59. The molecule has 3 rings (SSSR count). The van der Waals surface area contributed by atoms with Crippen LogP contribution in [0.15, 0.2) is 10.5 Å². The van der Waals surface area contributed by atoms with Crippen LogP contribution in [0.4, 0.5) is 0 Å². The first-order valence-electron chi connectivity index (χ1n) is 10.3. The van der Waals surface area contributed by atoms with Gasteiger partial charge in [-0.05, 0) is 45.6 Å². The van der Waals surface area contributed by atoms with Crippen molar-refractivity contribution < 1.29 is 18.7 Å². The molecule has 2 aliphatic rings. The molecule has 0 unspecified atom stereocenters. The predicted octanol–water partition coefficient (Wildman–Crippen LogP) is 3.36. The SMILES string of the molecule is Cc1cc(C(=O)N(CCC(=O)NC2CCCCC2)C[C@H]2CCCO2)c(C)o1. The van der Waals surface area contributed by atoms with E-state index in [2.05, 4.69) is 5.32 Å². The molecule has 1 atom stereocenters. The third kappa shape index (κ3) is 5.58. The molecule has 0 radical (unpaired) electrons. The Morgan fingerprint density at radius 1 is 1.15 bits per heavy atom. The number of nitrogens with zero attached hydrogens (tertiary/aromatic N) is 1. The second-order valence-corrected chi connectivity index (χ2v) is 7.87. The van der Waals surface area contributed by atoms with Crippen molar-refractivity contribution in [1.29, 1.82) is 0 Å². The molecule has 1 saturated heterocycles. The average Bonchev–Trinajstić information content (AvgIpc) is 3.28. The van der Waals surface area contributed by atoms with Crippen LogP contribution in [0.1, 0.15) is 73.2 Å². The van der Waals surface area contributed by atoms with E-state index in [1.165, 1.54) is 19.3 Å². The number of ether oxygens (including phenoxy) is 1. The summed E-state index contributed by atoms with van der Waals surface area (Å²) in [4.78, 5) is 27.2. The molecular formula is C21H32N2O4. The Morgan fingerprint density at radius 3 is 2.56 bits per heavy atom. The van der Waals surface area contributed by atoms with E-state index in [9.17, 15) is 9.59 Å². The lowest BCUT2D eigenvalue weighted by Gasteiger charge is -2.26. The standard InChI is InChI=1S/C21H32N2O4/c1-15-13-19(16(2)27-15)21(25)23(14-18-9-6-12-26-18)11-10-20(24)22-17-7-4-3-5-8-17/h13,17-18H,3-12,14H2,1-2H3,(H,22,24)/t18-/m1/s1. The molecule has 150 valence electrons. The Bertz CT molecular complexity index is 643. The molecule has 2 heterocycles. The summed E-state index contributed by atoms with van der Waals surface area (Å²) in [6, 6.07) is 2.08. The molecule has 6 heteroatoms. The van der Waals surface area contributed by atoms with Crippen LogP contribution in [0.3, 0.4) is 0 Å². The maximum atomic E-state index is 13.0. The van der Waals surface area contributed by atoms with Crippen molar-refractivity contribution in [3.05, 3.63) is 23.2 Å². The number of hydrogen-bond acceptors (Lipinski definition) is 4. The Balaban J connectivity index is 1.59. The van der Waals surface area contributed by atoms with Crippen molar-refractivity contribution in [2.45, 2.75) is 77.4 Å². The summed E-state index contributed by atoms with van der Waals surface area (Å²) in [6.45, 7) is 5.32. The van der Waals surface area contributed by atoms with Crippen LogP contribution in [0, 0.1) is 13.8 Å². The summed E-state index contributed by atoms with van der Waals surface area (Å²) in [5.74, 6) is 1.31. The Kier molecular flexibility index (Phi) is 6.94. The van der Waals surface area contributed by atoms with Gasteiger partial charge in [0.1, 0.15) is 11.5 Å². The number of nitrogens with one attached hydrogen (secondary N) is 1. The van der Waals surface area contributed by atoms with E-state index in [1.54, 1.807) is 17.9 Å². The van der Waals surface area contributed by atoms with E-state index in [0.717, 1.165) is 38.1 Å². The summed E-state index contributed by atoms with van der Waals surface area (Å²) in [7, 11) is 0. The molecule has 1 aromatic rings. The monoisotopic (exact) mass is 376 g/mol. The Hall–Kier alpha value is -1.82. The van der Waals surface area contributed by atoms with Gasteiger partial charge in [-0.3, -0.25) is 9.59 Å². The van der Waals surface area contributed by atoms with Gasteiger partial charge in [-0.15, -0.1) is 0 Å². The minimum atomic E-state index is -0.0784. The fraction of sp³-hybridized carbons (Fsp3) is 0.714. The quantitative estimate of drug-likeness (QED) is 0.792. The van der Waals surface area contributed by atoms with Crippen LogP contribution in [-0.4, -0.2) is 48.6 Å². The maximum Gasteiger partial charge on any atom is 0.257 e. The first-order chi connectivity index (χ1) is 13.0. The minimum absolute atomic E-state index is 0.0344. The van der Waals surface area contributed by atoms with Crippen LogP contribution in [0.5, 0.6) is 0 Å². The lowest BCUT2D eigenvalue weighted by Crippen LogP contribution is -2.42. The second-order valence-electron chi connectivity index (χ2n) is 7.87. The van der Waals surface area contributed by atoms with Gasteiger partial charge in [0.2, 0.25) is 5.91 Å². The molecule has 0 bridgehead atoms. The molecule has 2 amide bonds. The number of carbonyl (C=O) groups excluding carboxylic acids is 2. The van der Waals surface area contributed by atoms with E-state index in [0.29, 0.717) is 36.9 Å². The lowest BCUT2D eigenvalue weighted by atomic mass is 9.95. The number of furan rings is 1. The average molecular weight is 376 g/mol. The molecule has 0 aromatic carbocycles. The van der Waals surface area contributed by atoms with Crippen LogP contribution in [0.25, 0.3) is 0 Å². The van der Waals surface area contributed by atoms with Crippen molar-refractivity contribution in [1.82, 2.24) is 10.2 Å². The molecule has 1 aliphatic heterocycles. The van der Waals surface area contributed by atoms with Gasteiger partial charge < -0.3 is 19.4 Å². The van der Waals surface area contributed by atoms with Crippen LogP contribution < -0.4 is 5.32 Å². The summed E-state index contributed by atoms with van der Waals surface area (Å²) in [5, 5.41) is 3.14. The van der Waals surface area contributed by atoms with Crippen molar-refractivity contribution in [2.24, 2.45) is 0 Å². The van der Waals surface area contributed by atoms with Gasteiger partial charge in [0.25, 0.3) is 5.91 Å². The molecule has 2 fully saturated rings. The normalized spacial score (nSPS) is 20.6. The van der Waals surface area contributed by atoms with E-state index in [4.69, 9.17) is 9.15 Å². The number of amides is 2.